The van der Waals surface area contributed by atoms with E-state index in [4.69, 9.17) is 5.41 Å². The van der Waals surface area contributed by atoms with E-state index in [0.29, 0.717) is 12.1 Å². The van der Waals surface area contributed by atoms with Crippen molar-refractivity contribution in [2.24, 2.45) is 0 Å². The second kappa shape index (κ2) is 5.10. The molecular formula is C11H9F6NO. The molecule has 0 radical (unpaired) electrons. The van der Waals surface area contributed by atoms with Crippen LogP contribution >= 0.6 is 0 Å². The number of nitrogens with one attached hydrogen (secondary N) is 1. The zero-order chi connectivity index (χ0) is 14.8. The molecule has 1 N–H and O–H groups in total. The predicted molar refractivity (Wildman–Crippen MR) is 54.9 cm³/mol. The number of halogens is 6. The lowest BCUT2D eigenvalue weighted by Gasteiger charge is -2.14. The summed E-state index contributed by atoms with van der Waals surface area (Å²) in [5, 5.41) is 7.28. The topological polar surface area (TPSA) is 33.1 Å². The monoisotopic (exact) mass is 285 g/mol. The Kier molecular flexibility index (Phi) is 4.12. The Morgan fingerprint density at radius 3 is 1.74 bits per heavy atom. The van der Waals surface area contributed by atoms with Crippen LogP contribution < -0.4 is 0 Å². The van der Waals surface area contributed by atoms with E-state index >= 15 is 0 Å². The first kappa shape index (κ1) is 15.3. The normalized spacial score (nSPS) is 12.4. The first-order valence-electron chi connectivity index (χ1n) is 5.07. The van der Waals surface area contributed by atoms with Crippen LogP contribution in [0, 0.1) is 5.41 Å². The fourth-order valence-electron chi connectivity index (χ4n) is 1.31. The molecular weight excluding hydrogens is 276 g/mol. The minimum Gasteiger partial charge on any atom is -0.478 e. The number of alkyl halides is 6. The third-order valence-corrected chi connectivity index (χ3v) is 2.14. The Morgan fingerprint density at radius 2 is 1.42 bits per heavy atom. The minimum atomic E-state index is -4.93. The van der Waals surface area contributed by atoms with Crippen molar-refractivity contribution < 1.29 is 31.1 Å². The summed E-state index contributed by atoms with van der Waals surface area (Å²) in [4.78, 5) is 0. The fourth-order valence-corrected chi connectivity index (χ4v) is 1.31. The van der Waals surface area contributed by atoms with Crippen LogP contribution in [0.5, 0.6) is 0 Å². The lowest BCUT2D eigenvalue weighted by molar-refractivity contribution is -0.143. The highest BCUT2D eigenvalue weighted by atomic mass is 19.4. The highest BCUT2D eigenvalue weighted by Crippen LogP contribution is 2.36. The van der Waals surface area contributed by atoms with Crippen LogP contribution in [0.3, 0.4) is 0 Å². The Hall–Kier alpha value is -1.73. The van der Waals surface area contributed by atoms with E-state index in [1.807, 2.05) is 0 Å². The average Bonchev–Trinajstić information content (AvgIpc) is 2.26. The van der Waals surface area contributed by atoms with E-state index in [0.717, 1.165) is 0 Å². The summed E-state index contributed by atoms with van der Waals surface area (Å²) in [6.07, 6.45) is -9.86. The maximum Gasteiger partial charge on any atom is 0.416 e. The van der Waals surface area contributed by atoms with E-state index in [1.165, 1.54) is 6.92 Å². The molecule has 0 bridgehead atoms. The fraction of sp³-hybridized carbons (Fsp3) is 0.364. The van der Waals surface area contributed by atoms with Crippen LogP contribution in [-0.2, 0) is 17.1 Å². The van der Waals surface area contributed by atoms with Crippen molar-refractivity contribution in [3.8, 4) is 0 Å². The molecule has 0 aliphatic heterocycles. The van der Waals surface area contributed by atoms with Gasteiger partial charge in [-0.2, -0.15) is 26.3 Å². The summed E-state index contributed by atoms with van der Waals surface area (Å²) in [5.74, 6) is -0.737. The maximum absolute atomic E-state index is 12.5. The van der Waals surface area contributed by atoms with Crippen LogP contribution in [0.25, 0.3) is 0 Å². The van der Waals surface area contributed by atoms with E-state index < -0.39 is 34.9 Å². The minimum absolute atomic E-state index is 0.00270. The molecule has 8 heteroatoms. The van der Waals surface area contributed by atoms with Gasteiger partial charge in [-0.3, -0.25) is 5.41 Å². The summed E-state index contributed by atoms with van der Waals surface area (Å²) in [5.41, 5.74) is -3.51. The summed E-state index contributed by atoms with van der Waals surface area (Å²) in [6, 6.07) is 0.906. The highest BCUT2D eigenvalue weighted by Gasteiger charge is 2.37. The quantitative estimate of drug-likeness (QED) is 0.495. The van der Waals surface area contributed by atoms with Gasteiger partial charge in [0.05, 0.1) is 17.7 Å². The molecule has 106 valence electrons. The Bertz CT molecular complexity index is 445. The molecule has 0 aromatic heterocycles. The summed E-state index contributed by atoms with van der Waals surface area (Å²) in [7, 11) is 0. The van der Waals surface area contributed by atoms with Gasteiger partial charge in [0.1, 0.15) is 0 Å². The maximum atomic E-state index is 12.5. The molecule has 0 spiro atoms. The van der Waals surface area contributed by atoms with Crippen LogP contribution in [0.15, 0.2) is 18.2 Å². The van der Waals surface area contributed by atoms with Crippen molar-refractivity contribution in [1.82, 2.24) is 0 Å². The lowest BCUT2D eigenvalue weighted by Crippen LogP contribution is -2.14. The smallest absolute Gasteiger partial charge is 0.416 e. The Morgan fingerprint density at radius 1 is 1.00 bits per heavy atom. The van der Waals surface area contributed by atoms with E-state index in [9.17, 15) is 26.3 Å². The molecule has 0 fully saturated rings. The molecule has 0 unspecified atom stereocenters. The molecule has 0 heterocycles. The predicted octanol–water partition coefficient (Wildman–Crippen LogP) is 4.09. The van der Waals surface area contributed by atoms with Crippen molar-refractivity contribution in [3.05, 3.63) is 34.9 Å². The molecule has 1 aromatic rings. The Balaban J connectivity index is 3.37. The third-order valence-electron chi connectivity index (χ3n) is 2.14. The van der Waals surface area contributed by atoms with Gasteiger partial charge in [-0.1, -0.05) is 0 Å². The van der Waals surface area contributed by atoms with Crippen molar-refractivity contribution in [3.63, 3.8) is 0 Å². The Labute approximate surface area is 104 Å². The number of ether oxygens (including phenoxy) is 1. The first-order chi connectivity index (χ1) is 8.55. The van der Waals surface area contributed by atoms with Crippen LogP contribution in [-0.4, -0.2) is 12.5 Å². The van der Waals surface area contributed by atoms with Crippen molar-refractivity contribution in [2.45, 2.75) is 19.3 Å². The van der Waals surface area contributed by atoms with Crippen LogP contribution in [0.4, 0.5) is 26.3 Å². The molecule has 1 aromatic carbocycles. The number of hydrogen-bond acceptors (Lipinski definition) is 2. The molecule has 0 amide bonds. The molecule has 0 saturated heterocycles. The van der Waals surface area contributed by atoms with Gasteiger partial charge in [0, 0.05) is 5.56 Å². The zero-order valence-electron chi connectivity index (χ0n) is 9.62. The van der Waals surface area contributed by atoms with E-state index in [-0.39, 0.29) is 12.7 Å². The van der Waals surface area contributed by atoms with Gasteiger partial charge < -0.3 is 4.74 Å². The van der Waals surface area contributed by atoms with Crippen molar-refractivity contribution >= 4 is 5.90 Å². The second-order valence-corrected chi connectivity index (χ2v) is 3.56. The lowest BCUT2D eigenvalue weighted by atomic mass is 10.0. The van der Waals surface area contributed by atoms with Crippen LogP contribution in [0.2, 0.25) is 0 Å². The van der Waals surface area contributed by atoms with Crippen molar-refractivity contribution in [1.29, 1.82) is 5.41 Å². The summed E-state index contributed by atoms with van der Waals surface area (Å²) >= 11 is 0. The van der Waals surface area contributed by atoms with E-state index in [2.05, 4.69) is 4.74 Å². The first-order valence-corrected chi connectivity index (χ1v) is 5.07. The van der Waals surface area contributed by atoms with E-state index in [1.54, 1.807) is 0 Å². The third kappa shape index (κ3) is 3.87. The van der Waals surface area contributed by atoms with Gasteiger partial charge in [0.15, 0.2) is 0 Å². The van der Waals surface area contributed by atoms with Gasteiger partial charge in [-0.05, 0) is 25.1 Å². The number of rotatable bonds is 2. The van der Waals surface area contributed by atoms with Crippen LogP contribution in [0.1, 0.15) is 23.6 Å². The zero-order valence-corrected chi connectivity index (χ0v) is 9.62. The average molecular weight is 285 g/mol. The molecule has 0 atom stereocenters. The second-order valence-electron chi connectivity index (χ2n) is 3.56. The van der Waals surface area contributed by atoms with Gasteiger partial charge in [0.2, 0.25) is 5.90 Å². The summed E-state index contributed by atoms with van der Waals surface area (Å²) < 4.78 is 79.7. The molecule has 0 aliphatic rings. The van der Waals surface area contributed by atoms with Crippen molar-refractivity contribution in [2.75, 3.05) is 6.61 Å². The van der Waals surface area contributed by atoms with Gasteiger partial charge in [-0.25, -0.2) is 0 Å². The SMILES string of the molecule is CCOC(=N)c1cc(C(F)(F)F)cc(C(F)(F)F)c1. The number of benzene rings is 1. The standard InChI is InChI=1S/C11H9F6NO/c1-2-19-9(18)6-3-7(10(12,13)14)5-8(4-6)11(15,16)17/h3-5,18H,2H2,1H3. The molecule has 1 rings (SSSR count). The summed E-state index contributed by atoms with van der Waals surface area (Å²) in [6.45, 7) is 1.43. The largest absolute Gasteiger partial charge is 0.478 e. The molecule has 2 nitrogen and oxygen atoms in total. The molecule has 0 saturated carbocycles. The molecule has 19 heavy (non-hydrogen) atoms. The highest BCUT2D eigenvalue weighted by molar-refractivity contribution is 5.92. The van der Waals surface area contributed by atoms with Gasteiger partial charge in [0.25, 0.3) is 0 Å². The van der Waals surface area contributed by atoms with Gasteiger partial charge >= 0.3 is 12.4 Å². The van der Waals surface area contributed by atoms with Gasteiger partial charge in [-0.15, -0.1) is 0 Å². The molecule has 0 aliphatic carbocycles. The number of hydrogen-bond donors (Lipinski definition) is 1.